The second kappa shape index (κ2) is 7.79. The van der Waals surface area contributed by atoms with Gasteiger partial charge in [-0.2, -0.15) is 4.31 Å². The molecule has 6 nitrogen and oxygen atoms in total. The predicted octanol–water partition coefficient (Wildman–Crippen LogP) is 3.09. The fourth-order valence-corrected chi connectivity index (χ4v) is 6.15. The van der Waals surface area contributed by atoms with Crippen molar-refractivity contribution < 1.29 is 22.3 Å². The van der Waals surface area contributed by atoms with Crippen molar-refractivity contribution in [2.24, 2.45) is 0 Å². The number of halogens is 2. The Labute approximate surface area is 177 Å². The molecule has 29 heavy (non-hydrogen) atoms. The van der Waals surface area contributed by atoms with E-state index >= 15 is 0 Å². The second-order valence-corrected chi connectivity index (χ2v) is 9.94. The Hall–Kier alpha value is -1.81. The van der Waals surface area contributed by atoms with Crippen molar-refractivity contribution in [3.63, 3.8) is 0 Å². The molecular weight excluding hydrogens is 463 g/mol. The van der Waals surface area contributed by atoms with Crippen LogP contribution in [0.1, 0.15) is 18.1 Å². The van der Waals surface area contributed by atoms with Gasteiger partial charge in [0.15, 0.2) is 0 Å². The number of carbonyl (C=O) groups excluding carboxylic acids is 1. The molecule has 2 heterocycles. The quantitative estimate of drug-likeness (QED) is 0.656. The summed E-state index contributed by atoms with van der Waals surface area (Å²) in [4.78, 5) is 13.6. The molecule has 0 spiro atoms. The van der Waals surface area contributed by atoms with Crippen molar-refractivity contribution in [2.75, 3.05) is 24.5 Å². The van der Waals surface area contributed by atoms with Gasteiger partial charge < -0.3 is 9.64 Å². The lowest BCUT2D eigenvalue weighted by molar-refractivity contribution is -0.116. The molecule has 0 aromatic heterocycles. The van der Waals surface area contributed by atoms with Gasteiger partial charge in [0.05, 0.1) is 17.6 Å². The topological polar surface area (TPSA) is 66.9 Å². The van der Waals surface area contributed by atoms with E-state index in [1.54, 1.807) is 35.2 Å². The summed E-state index contributed by atoms with van der Waals surface area (Å²) in [6.07, 6.45) is 0.412. The number of carbonyl (C=O) groups is 1. The highest BCUT2D eigenvalue weighted by atomic mass is 79.9. The normalized spacial score (nSPS) is 17.3. The van der Waals surface area contributed by atoms with Gasteiger partial charge in [0.1, 0.15) is 5.82 Å². The van der Waals surface area contributed by atoms with Gasteiger partial charge >= 0.3 is 0 Å². The second-order valence-electron chi connectivity index (χ2n) is 7.18. The van der Waals surface area contributed by atoms with Crippen molar-refractivity contribution in [2.45, 2.75) is 31.0 Å². The average molecular weight is 483 g/mol. The van der Waals surface area contributed by atoms with Crippen LogP contribution in [-0.4, -0.2) is 44.4 Å². The Morgan fingerprint density at radius 1 is 1.28 bits per heavy atom. The van der Waals surface area contributed by atoms with E-state index in [9.17, 15) is 17.6 Å². The van der Waals surface area contributed by atoms with E-state index < -0.39 is 10.0 Å². The van der Waals surface area contributed by atoms with Gasteiger partial charge in [-0.25, -0.2) is 12.8 Å². The van der Waals surface area contributed by atoms with E-state index in [0.29, 0.717) is 28.7 Å². The van der Waals surface area contributed by atoms with Crippen LogP contribution < -0.4 is 4.90 Å². The third kappa shape index (κ3) is 3.84. The van der Waals surface area contributed by atoms with Gasteiger partial charge in [-0.1, -0.05) is 18.2 Å². The van der Waals surface area contributed by atoms with Gasteiger partial charge in [-0.05, 0) is 46.1 Å². The Balaban J connectivity index is 1.46. The van der Waals surface area contributed by atoms with E-state index in [1.165, 1.54) is 17.3 Å². The average Bonchev–Trinajstić information content (AvgIpc) is 3.03. The molecule has 0 radical (unpaired) electrons. The highest BCUT2D eigenvalue weighted by Gasteiger charge is 2.39. The Bertz CT molecular complexity index is 1070. The van der Waals surface area contributed by atoms with E-state index in [4.69, 9.17) is 4.74 Å². The number of amides is 1. The lowest BCUT2D eigenvalue weighted by Crippen LogP contribution is -2.54. The minimum absolute atomic E-state index is 0.0986. The van der Waals surface area contributed by atoms with Crippen molar-refractivity contribution in [3.05, 3.63) is 57.8 Å². The number of nitrogens with zero attached hydrogens (tertiary/aromatic N) is 2. The molecule has 0 unspecified atom stereocenters. The lowest BCUT2D eigenvalue weighted by Gasteiger charge is -2.38. The largest absolute Gasteiger partial charge is 0.371 e. The molecule has 2 aromatic rings. The van der Waals surface area contributed by atoms with E-state index in [1.807, 2.05) is 0 Å². The van der Waals surface area contributed by atoms with Gasteiger partial charge in [0.2, 0.25) is 15.9 Å². The monoisotopic (exact) mass is 482 g/mol. The summed E-state index contributed by atoms with van der Waals surface area (Å²) in [7, 11) is -3.73. The maximum Gasteiger partial charge on any atom is 0.244 e. The zero-order valence-corrected chi connectivity index (χ0v) is 18.2. The summed E-state index contributed by atoms with van der Waals surface area (Å²) in [5.41, 5.74) is 2.03. The molecule has 1 saturated heterocycles. The molecular formula is C20H20BrFN2O4S. The van der Waals surface area contributed by atoms with Crippen LogP contribution in [0.4, 0.5) is 10.1 Å². The molecule has 0 atom stereocenters. The van der Waals surface area contributed by atoms with Gasteiger partial charge in [-0.15, -0.1) is 0 Å². The number of sulfonamides is 1. The summed E-state index contributed by atoms with van der Waals surface area (Å²) >= 11 is 3.37. The summed E-state index contributed by atoms with van der Waals surface area (Å²) in [5.74, 6) is -0.451. The highest BCUT2D eigenvalue weighted by molar-refractivity contribution is 9.10. The summed E-state index contributed by atoms with van der Waals surface area (Å²) in [5, 5.41) is 0. The molecule has 0 aliphatic carbocycles. The molecule has 4 rings (SSSR count). The zero-order chi connectivity index (χ0) is 20.8. The van der Waals surface area contributed by atoms with Crippen LogP contribution >= 0.6 is 15.9 Å². The number of benzene rings is 2. The Kier molecular flexibility index (Phi) is 5.50. The van der Waals surface area contributed by atoms with Crippen LogP contribution in [-0.2, 0) is 32.6 Å². The standard InChI is InChI=1S/C20H20BrFN2O4S/c1-13(25)24-7-6-14-8-17(21)20(9-19(14)24)29(26,27)23-10-16(11-23)28-12-15-4-2-3-5-18(15)22/h2-5,8-9,16H,6-7,10-12H2,1H3. The number of fused-ring (bicyclic) bond motifs is 1. The molecule has 2 aromatic carbocycles. The first-order valence-corrected chi connectivity index (χ1v) is 11.5. The van der Waals surface area contributed by atoms with Crippen molar-refractivity contribution in [3.8, 4) is 0 Å². The van der Waals surface area contributed by atoms with Crippen LogP contribution in [0.3, 0.4) is 0 Å². The summed E-state index contributed by atoms with van der Waals surface area (Å²) in [6, 6.07) is 9.69. The third-order valence-corrected chi connectivity index (χ3v) is 8.06. The van der Waals surface area contributed by atoms with Crippen LogP contribution in [0.25, 0.3) is 0 Å². The number of anilines is 1. The Morgan fingerprint density at radius 3 is 2.69 bits per heavy atom. The van der Waals surface area contributed by atoms with E-state index in [0.717, 1.165) is 5.56 Å². The van der Waals surface area contributed by atoms with Crippen molar-refractivity contribution in [1.29, 1.82) is 0 Å². The minimum Gasteiger partial charge on any atom is -0.371 e. The van der Waals surface area contributed by atoms with E-state index in [2.05, 4.69) is 15.9 Å². The smallest absolute Gasteiger partial charge is 0.244 e. The first kappa shape index (κ1) is 20.5. The maximum absolute atomic E-state index is 13.7. The SMILES string of the molecule is CC(=O)N1CCc2cc(Br)c(S(=O)(=O)N3CC(OCc4ccccc4F)C3)cc21. The predicted molar refractivity (Wildman–Crippen MR) is 110 cm³/mol. The first-order chi connectivity index (χ1) is 13.8. The molecule has 0 bridgehead atoms. The summed E-state index contributed by atoms with van der Waals surface area (Å²) in [6.45, 7) is 2.53. The maximum atomic E-state index is 13.7. The van der Waals surface area contributed by atoms with Crippen LogP contribution in [0.15, 0.2) is 45.8 Å². The highest BCUT2D eigenvalue weighted by Crippen LogP contribution is 2.37. The van der Waals surface area contributed by atoms with Gasteiger partial charge in [-0.3, -0.25) is 4.79 Å². The van der Waals surface area contributed by atoms with Gasteiger partial charge in [0.25, 0.3) is 0 Å². The van der Waals surface area contributed by atoms with Crippen LogP contribution in [0.2, 0.25) is 0 Å². The molecule has 1 fully saturated rings. The molecule has 2 aliphatic rings. The lowest BCUT2D eigenvalue weighted by atomic mass is 10.2. The van der Waals surface area contributed by atoms with Crippen molar-refractivity contribution >= 4 is 37.5 Å². The molecule has 1 amide bonds. The zero-order valence-electron chi connectivity index (χ0n) is 15.8. The molecule has 0 saturated carbocycles. The first-order valence-electron chi connectivity index (χ1n) is 9.23. The minimum atomic E-state index is -3.73. The van der Waals surface area contributed by atoms with Gasteiger partial charge in [0, 0.05) is 42.3 Å². The fourth-order valence-electron chi connectivity index (χ4n) is 3.58. The number of hydrogen-bond acceptors (Lipinski definition) is 4. The van der Waals surface area contributed by atoms with Crippen LogP contribution in [0, 0.1) is 5.82 Å². The fraction of sp³-hybridized carbons (Fsp3) is 0.350. The number of hydrogen-bond donors (Lipinski definition) is 0. The van der Waals surface area contributed by atoms with E-state index in [-0.39, 0.29) is 42.4 Å². The third-order valence-electron chi connectivity index (χ3n) is 5.27. The number of rotatable bonds is 5. The molecule has 9 heteroatoms. The molecule has 0 N–H and O–H groups in total. The number of ether oxygens (including phenoxy) is 1. The summed E-state index contributed by atoms with van der Waals surface area (Å²) < 4.78 is 47.3. The molecule has 154 valence electrons. The Morgan fingerprint density at radius 2 is 2.00 bits per heavy atom. The van der Waals surface area contributed by atoms with Crippen LogP contribution in [0.5, 0.6) is 0 Å². The molecule has 2 aliphatic heterocycles. The van der Waals surface area contributed by atoms with Crippen molar-refractivity contribution in [1.82, 2.24) is 4.31 Å².